The van der Waals surface area contributed by atoms with Crippen LogP contribution < -0.4 is 0 Å². The maximum Gasteiger partial charge on any atom is 0.445 e. The summed E-state index contributed by atoms with van der Waals surface area (Å²) in [7, 11) is -4.34. The minimum Gasteiger partial charge on any atom is -0.370 e. The third-order valence-corrected chi connectivity index (χ3v) is 5.60. The highest BCUT2D eigenvalue weighted by Gasteiger charge is 1.98. The van der Waals surface area contributed by atoms with Crippen LogP contribution >= 0.6 is 0 Å². The summed E-state index contributed by atoms with van der Waals surface area (Å²) < 4.78 is 33.1. The Bertz CT molecular complexity index is 432. The Kier molecular flexibility index (Phi) is 20.8. The van der Waals surface area contributed by atoms with E-state index in [0.717, 1.165) is 25.5 Å². The first-order chi connectivity index (χ1) is 13.6. The minimum absolute atomic E-state index is 0.786. The quantitative estimate of drug-likeness (QED) is 0.109. The maximum atomic E-state index is 10.3. The second-order valence-electron chi connectivity index (χ2n) is 8.05. The molecule has 0 heterocycles. The normalized spacial score (nSPS) is 12.1. The summed E-state index contributed by atoms with van der Waals surface area (Å²) in [5.41, 5.74) is 0. The summed E-state index contributed by atoms with van der Waals surface area (Å²) in [6.07, 6.45) is 29.3. The molecule has 0 amide bonds. The highest BCUT2D eigenvalue weighted by Crippen LogP contribution is 2.14. The Hall–Kier alpha value is -0.550. The number of hydrogen-bond donors (Lipinski definition) is 1. The van der Waals surface area contributed by atoms with Crippen LogP contribution in [-0.4, -0.2) is 13.0 Å². The van der Waals surface area contributed by atoms with Crippen LogP contribution in [0.5, 0.6) is 0 Å². The van der Waals surface area contributed by atoms with Gasteiger partial charge in [-0.1, -0.05) is 122 Å². The third kappa shape index (κ3) is 25.4. The van der Waals surface area contributed by atoms with Crippen LogP contribution in [0.15, 0.2) is 12.3 Å². The standard InChI is InChI=1S/C23H46O4S/c1-2-3-4-5-6-7-8-9-10-11-12-13-14-15-16-17-18-19-20-21-22-23-27-28(24,25)26/h22-23H,2-21H2,1H3,(H,24,25,26)/b23-22+. The molecule has 0 atom stereocenters. The van der Waals surface area contributed by atoms with Crippen molar-refractivity contribution in [2.45, 2.75) is 135 Å². The van der Waals surface area contributed by atoms with Gasteiger partial charge >= 0.3 is 10.4 Å². The zero-order valence-electron chi connectivity index (χ0n) is 18.4. The average Bonchev–Trinajstić information content (AvgIpc) is 2.65. The van der Waals surface area contributed by atoms with Crippen LogP contribution in [0, 0.1) is 0 Å². The first-order valence-electron chi connectivity index (χ1n) is 11.9. The lowest BCUT2D eigenvalue weighted by Crippen LogP contribution is -1.96. The predicted octanol–water partition coefficient (Wildman–Crippen LogP) is 8.14. The molecule has 168 valence electrons. The van der Waals surface area contributed by atoms with E-state index in [1.54, 1.807) is 6.08 Å². The number of allylic oxidation sites excluding steroid dienone is 1. The van der Waals surface area contributed by atoms with Gasteiger partial charge in [0.05, 0.1) is 0 Å². The molecule has 0 aliphatic heterocycles. The van der Waals surface area contributed by atoms with Crippen molar-refractivity contribution in [2.24, 2.45) is 0 Å². The Morgan fingerprint density at radius 3 is 1.25 bits per heavy atom. The molecule has 0 unspecified atom stereocenters. The van der Waals surface area contributed by atoms with E-state index in [1.807, 2.05) is 0 Å². The summed E-state index contributed by atoms with van der Waals surface area (Å²) in [5, 5.41) is 0. The van der Waals surface area contributed by atoms with Gasteiger partial charge in [-0.05, 0) is 18.9 Å². The maximum absolute atomic E-state index is 10.3. The van der Waals surface area contributed by atoms with Crippen molar-refractivity contribution in [1.29, 1.82) is 0 Å². The predicted molar refractivity (Wildman–Crippen MR) is 120 cm³/mol. The molecule has 0 aromatic heterocycles. The largest absolute Gasteiger partial charge is 0.445 e. The molecular weight excluding hydrogens is 372 g/mol. The lowest BCUT2D eigenvalue weighted by Gasteiger charge is -2.03. The first-order valence-corrected chi connectivity index (χ1v) is 13.2. The second kappa shape index (κ2) is 21.2. The Labute approximate surface area is 175 Å². The van der Waals surface area contributed by atoms with Gasteiger partial charge in [0, 0.05) is 0 Å². The van der Waals surface area contributed by atoms with Crippen molar-refractivity contribution in [2.75, 3.05) is 0 Å². The molecule has 28 heavy (non-hydrogen) atoms. The molecular formula is C23H46O4S. The molecule has 0 rings (SSSR count). The molecule has 0 spiro atoms. The molecule has 0 aliphatic rings. The topological polar surface area (TPSA) is 63.6 Å². The van der Waals surface area contributed by atoms with E-state index in [1.165, 1.54) is 109 Å². The monoisotopic (exact) mass is 418 g/mol. The van der Waals surface area contributed by atoms with Gasteiger partial charge in [0.2, 0.25) is 0 Å². The van der Waals surface area contributed by atoms with Crippen molar-refractivity contribution >= 4 is 10.4 Å². The van der Waals surface area contributed by atoms with Crippen LogP contribution in [0.25, 0.3) is 0 Å². The molecule has 0 bridgehead atoms. The van der Waals surface area contributed by atoms with E-state index in [0.29, 0.717) is 0 Å². The fraction of sp³-hybridized carbons (Fsp3) is 0.913. The Morgan fingerprint density at radius 2 is 0.929 bits per heavy atom. The fourth-order valence-corrected chi connectivity index (χ4v) is 3.74. The highest BCUT2D eigenvalue weighted by molar-refractivity contribution is 7.81. The number of unbranched alkanes of at least 4 members (excludes halogenated alkanes) is 19. The van der Waals surface area contributed by atoms with Gasteiger partial charge in [0.1, 0.15) is 6.26 Å². The molecule has 0 aromatic rings. The molecule has 0 saturated carbocycles. The van der Waals surface area contributed by atoms with Gasteiger partial charge < -0.3 is 4.18 Å². The Morgan fingerprint density at radius 1 is 0.607 bits per heavy atom. The van der Waals surface area contributed by atoms with E-state index < -0.39 is 10.4 Å². The summed E-state index contributed by atoms with van der Waals surface area (Å²) >= 11 is 0. The van der Waals surface area contributed by atoms with E-state index in [2.05, 4.69) is 11.1 Å². The van der Waals surface area contributed by atoms with E-state index in [9.17, 15) is 8.42 Å². The molecule has 0 saturated heterocycles. The van der Waals surface area contributed by atoms with Crippen molar-refractivity contribution in [3.63, 3.8) is 0 Å². The molecule has 0 radical (unpaired) electrons. The average molecular weight is 419 g/mol. The molecule has 0 aromatic carbocycles. The van der Waals surface area contributed by atoms with Crippen molar-refractivity contribution < 1.29 is 17.2 Å². The van der Waals surface area contributed by atoms with Gasteiger partial charge in [-0.3, -0.25) is 4.55 Å². The summed E-state index contributed by atoms with van der Waals surface area (Å²) in [6.45, 7) is 2.28. The van der Waals surface area contributed by atoms with Gasteiger partial charge in [-0.25, -0.2) is 0 Å². The lowest BCUT2D eigenvalue weighted by molar-refractivity contribution is 0.355. The first kappa shape index (κ1) is 27.5. The zero-order chi connectivity index (χ0) is 20.8. The van der Waals surface area contributed by atoms with E-state index >= 15 is 0 Å². The summed E-state index contributed by atoms with van der Waals surface area (Å²) in [4.78, 5) is 0. The van der Waals surface area contributed by atoms with Gasteiger partial charge in [-0.15, -0.1) is 0 Å². The second-order valence-corrected chi connectivity index (χ2v) is 9.10. The zero-order valence-corrected chi connectivity index (χ0v) is 19.2. The molecule has 0 fully saturated rings. The van der Waals surface area contributed by atoms with Crippen LogP contribution in [-0.2, 0) is 14.6 Å². The molecule has 5 heteroatoms. The van der Waals surface area contributed by atoms with Gasteiger partial charge in [0.25, 0.3) is 0 Å². The molecule has 1 N–H and O–H groups in total. The molecule has 0 aliphatic carbocycles. The van der Waals surface area contributed by atoms with Gasteiger partial charge in [0.15, 0.2) is 0 Å². The number of hydrogen-bond acceptors (Lipinski definition) is 3. The van der Waals surface area contributed by atoms with E-state index in [4.69, 9.17) is 4.55 Å². The van der Waals surface area contributed by atoms with Gasteiger partial charge in [-0.2, -0.15) is 8.42 Å². The van der Waals surface area contributed by atoms with Crippen LogP contribution in [0.3, 0.4) is 0 Å². The van der Waals surface area contributed by atoms with Crippen LogP contribution in [0.2, 0.25) is 0 Å². The number of rotatable bonds is 22. The lowest BCUT2D eigenvalue weighted by atomic mass is 10.0. The SMILES string of the molecule is CCCCCCCCCCCCCCCCCCCCC/C=C/OS(=O)(=O)O. The Balaban J connectivity index is 3.08. The summed E-state index contributed by atoms with van der Waals surface area (Å²) in [6, 6.07) is 0. The van der Waals surface area contributed by atoms with E-state index in [-0.39, 0.29) is 0 Å². The van der Waals surface area contributed by atoms with Crippen molar-refractivity contribution in [3.05, 3.63) is 12.3 Å². The van der Waals surface area contributed by atoms with Crippen LogP contribution in [0.4, 0.5) is 0 Å². The van der Waals surface area contributed by atoms with Crippen molar-refractivity contribution in [3.8, 4) is 0 Å². The van der Waals surface area contributed by atoms with Crippen molar-refractivity contribution in [1.82, 2.24) is 0 Å². The third-order valence-electron chi connectivity index (χ3n) is 5.25. The molecule has 4 nitrogen and oxygen atoms in total. The minimum atomic E-state index is -4.34. The highest BCUT2D eigenvalue weighted by atomic mass is 32.3. The summed E-state index contributed by atoms with van der Waals surface area (Å²) in [5.74, 6) is 0. The van der Waals surface area contributed by atoms with Crippen LogP contribution in [0.1, 0.15) is 135 Å². The smallest absolute Gasteiger partial charge is 0.370 e. The fourth-order valence-electron chi connectivity index (χ4n) is 3.52.